The second kappa shape index (κ2) is 8.79. The van der Waals surface area contributed by atoms with Crippen molar-refractivity contribution in [2.24, 2.45) is 5.84 Å². The van der Waals surface area contributed by atoms with Gasteiger partial charge in [0, 0.05) is 44.2 Å². The van der Waals surface area contributed by atoms with Gasteiger partial charge in [0.25, 0.3) is 11.8 Å². The van der Waals surface area contributed by atoms with E-state index in [1.54, 1.807) is 59.0 Å². The number of pyridine rings is 1. The fraction of sp³-hybridized carbons (Fsp3) is 0.0800. The van der Waals surface area contributed by atoms with Gasteiger partial charge < -0.3 is 16.4 Å². The minimum absolute atomic E-state index is 0.215. The molecule has 0 saturated heterocycles. The van der Waals surface area contributed by atoms with E-state index in [2.05, 4.69) is 15.6 Å². The third kappa shape index (κ3) is 4.44. The minimum atomic E-state index is -0.261. The molecule has 0 fully saturated rings. The van der Waals surface area contributed by atoms with E-state index in [9.17, 15) is 9.59 Å². The SMILES string of the molecule is Cc1cc(N)c2cc(C(=O)Nc3ccc(NC(=O)c4ccc5c(c4)SN(N)C5)cc3)ccc2n1. The molecular weight excluding hydrogens is 448 g/mol. The van der Waals surface area contributed by atoms with Crippen molar-refractivity contribution >= 4 is 51.7 Å². The van der Waals surface area contributed by atoms with E-state index in [1.807, 2.05) is 19.1 Å². The Balaban J connectivity index is 1.25. The van der Waals surface area contributed by atoms with Crippen LogP contribution in [-0.4, -0.2) is 21.2 Å². The van der Waals surface area contributed by atoms with E-state index in [0.29, 0.717) is 34.7 Å². The number of nitrogen functional groups attached to an aromatic ring is 1. The Morgan fingerprint density at radius 3 is 2.21 bits per heavy atom. The first kappa shape index (κ1) is 21.9. The van der Waals surface area contributed by atoms with Crippen molar-refractivity contribution in [1.82, 2.24) is 9.40 Å². The number of nitrogens with one attached hydrogen (secondary N) is 2. The zero-order valence-electron chi connectivity index (χ0n) is 18.3. The fourth-order valence-electron chi connectivity index (χ4n) is 3.81. The molecule has 0 radical (unpaired) electrons. The van der Waals surface area contributed by atoms with E-state index in [-0.39, 0.29) is 11.8 Å². The Morgan fingerprint density at radius 1 is 0.912 bits per heavy atom. The monoisotopic (exact) mass is 470 g/mol. The summed E-state index contributed by atoms with van der Waals surface area (Å²) in [6, 6.07) is 19.5. The first-order chi connectivity index (χ1) is 16.4. The van der Waals surface area contributed by atoms with E-state index in [1.165, 1.54) is 11.9 Å². The molecule has 0 atom stereocenters. The Hall–Kier alpha value is -3.92. The van der Waals surface area contributed by atoms with Crippen LogP contribution in [0.3, 0.4) is 0 Å². The molecule has 0 unspecified atom stereocenters. The first-order valence-electron chi connectivity index (χ1n) is 10.6. The summed E-state index contributed by atoms with van der Waals surface area (Å²) in [4.78, 5) is 30.8. The van der Waals surface area contributed by atoms with E-state index >= 15 is 0 Å². The smallest absolute Gasteiger partial charge is 0.255 e. The van der Waals surface area contributed by atoms with Crippen LogP contribution in [0.5, 0.6) is 0 Å². The van der Waals surface area contributed by atoms with Gasteiger partial charge in [0.2, 0.25) is 0 Å². The zero-order valence-corrected chi connectivity index (χ0v) is 19.1. The number of hydrogen-bond acceptors (Lipinski definition) is 7. The van der Waals surface area contributed by atoms with Crippen molar-refractivity contribution in [1.29, 1.82) is 0 Å². The minimum Gasteiger partial charge on any atom is -0.398 e. The van der Waals surface area contributed by atoms with Gasteiger partial charge in [-0.1, -0.05) is 6.07 Å². The zero-order chi connectivity index (χ0) is 23.8. The van der Waals surface area contributed by atoms with Crippen LogP contribution in [0.2, 0.25) is 0 Å². The number of nitrogens with zero attached hydrogens (tertiary/aromatic N) is 2. The molecule has 3 aromatic carbocycles. The van der Waals surface area contributed by atoms with Gasteiger partial charge in [0.15, 0.2) is 0 Å². The van der Waals surface area contributed by atoms with E-state index in [0.717, 1.165) is 27.1 Å². The quantitative estimate of drug-likeness (QED) is 0.258. The molecular formula is C25H22N6O2S. The van der Waals surface area contributed by atoms with Gasteiger partial charge in [-0.2, -0.15) is 4.41 Å². The summed E-state index contributed by atoms with van der Waals surface area (Å²) in [5, 5.41) is 6.48. The molecule has 1 aliphatic heterocycles. The number of fused-ring (bicyclic) bond motifs is 2. The molecule has 0 bridgehead atoms. The molecule has 170 valence electrons. The summed E-state index contributed by atoms with van der Waals surface area (Å²) in [7, 11) is 0. The van der Waals surface area contributed by atoms with Gasteiger partial charge in [-0.25, -0.2) is 0 Å². The third-order valence-corrected chi connectivity index (χ3v) is 6.44. The van der Waals surface area contributed by atoms with Crippen LogP contribution < -0.4 is 22.2 Å². The van der Waals surface area contributed by atoms with Gasteiger partial charge in [-0.3, -0.25) is 20.4 Å². The second-order valence-electron chi connectivity index (χ2n) is 8.06. The van der Waals surface area contributed by atoms with Crippen molar-refractivity contribution in [3.8, 4) is 0 Å². The predicted molar refractivity (Wildman–Crippen MR) is 135 cm³/mol. The lowest BCUT2D eigenvalue weighted by Crippen LogP contribution is -2.17. The number of amides is 2. The van der Waals surface area contributed by atoms with Gasteiger partial charge in [-0.05, 0) is 85.1 Å². The molecule has 2 heterocycles. The Kier molecular flexibility index (Phi) is 5.66. The maximum absolute atomic E-state index is 12.7. The molecule has 8 nitrogen and oxygen atoms in total. The molecule has 1 aromatic heterocycles. The number of aromatic nitrogens is 1. The molecule has 9 heteroatoms. The van der Waals surface area contributed by atoms with Gasteiger partial charge in [0.1, 0.15) is 0 Å². The highest BCUT2D eigenvalue weighted by Gasteiger charge is 2.19. The van der Waals surface area contributed by atoms with Gasteiger partial charge in [-0.15, -0.1) is 0 Å². The highest BCUT2D eigenvalue weighted by atomic mass is 32.2. The van der Waals surface area contributed by atoms with Gasteiger partial charge >= 0.3 is 0 Å². The average Bonchev–Trinajstić information content (AvgIpc) is 3.19. The van der Waals surface area contributed by atoms with Crippen LogP contribution in [0.15, 0.2) is 71.6 Å². The lowest BCUT2D eigenvalue weighted by Gasteiger charge is -2.10. The Labute approximate surface area is 200 Å². The molecule has 6 N–H and O–H groups in total. The van der Waals surface area contributed by atoms with Crippen LogP contribution in [0, 0.1) is 6.92 Å². The number of benzene rings is 3. The van der Waals surface area contributed by atoms with Crippen LogP contribution in [0.25, 0.3) is 10.9 Å². The Bertz CT molecular complexity index is 1440. The van der Waals surface area contributed by atoms with Gasteiger partial charge in [0.05, 0.1) is 12.1 Å². The van der Waals surface area contributed by atoms with E-state index < -0.39 is 0 Å². The summed E-state index contributed by atoms with van der Waals surface area (Å²) in [6.07, 6.45) is 0. The number of nitrogens with two attached hydrogens (primary N) is 2. The summed E-state index contributed by atoms with van der Waals surface area (Å²) in [5.74, 6) is 5.34. The van der Waals surface area contributed by atoms with Crippen molar-refractivity contribution in [3.63, 3.8) is 0 Å². The van der Waals surface area contributed by atoms with Crippen LogP contribution >= 0.6 is 11.9 Å². The molecule has 2 amide bonds. The standard InChI is InChI=1S/C25H22N6O2S/c1-14-10-21(26)20-11-15(4-9-22(20)28-14)24(32)29-18-5-7-19(8-6-18)30-25(33)16-2-3-17-13-31(27)34-23(17)12-16/h2-12H,13,27H2,1H3,(H2,26,28)(H,29,32)(H,30,33). The van der Waals surface area contributed by atoms with Crippen LogP contribution in [-0.2, 0) is 6.54 Å². The Morgan fingerprint density at radius 2 is 1.53 bits per heavy atom. The van der Waals surface area contributed by atoms with Crippen molar-refractivity contribution < 1.29 is 9.59 Å². The number of aryl methyl sites for hydroxylation is 1. The number of carbonyl (C=O) groups is 2. The topological polar surface area (TPSA) is 126 Å². The normalized spacial score (nSPS) is 13.0. The summed E-state index contributed by atoms with van der Waals surface area (Å²) in [5.41, 5.74) is 11.6. The number of carbonyl (C=O) groups excluding carboxylic acids is 2. The molecule has 0 aliphatic carbocycles. The van der Waals surface area contributed by atoms with Crippen LogP contribution in [0.4, 0.5) is 17.1 Å². The highest BCUT2D eigenvalue weighted by molar-refractivity contribution is 7.97. The average molecular weight is 471 g/mol. The maximum Gasteiger partial charge on any atom is 0.255 e. The lowest BCUT2D eigenvalue weighted by atomic mass is 10.1. The van der Waals surface area contributed by atoms with E-state index in [4.69, 9.17) is 11.6 Å². The number of anilines is 3. The van der Waals surface area contributed by atoms with Crippen molar-refractivity contribution in [2.45, 2.75) is 18.4 Å². The summed E-state index contributed by atoms with van der Waals surface area (Å²) >= 11 is 1.42. The third-order valence-electron chi connectivity index (χ3n) is 5.50. The summed E-state index contributed by atoms with van der Waals surface area (Å²) in [6.45, 7) is 2.53. The van der Waals surface area contributed by atoms with Crippen molar-refractivity contribution in [3.05, 3.63) is 89.1 Å². The molecule has 1 aliphatic rings. The molecule has 5 rings (SSSR count). The lowest BCUT2D eigenvalue weighted by molar-refractivity contribution is 0.101. The first-order valence-corrected chi connectivity index (χ1v) is 11.4. The number of hydrazine groups is 1. The molecule has 0 spiro atoms. The highest BCUT2D eigenvalue weighted by Crippen LogP contribution is 2.34. The fourth-order valence-corrected chi connectivity index (χ4v) is 4.70. The largest absolute Gasteiger partial charge is 0.398 e. The molecule has 34 heavy (non-hydrogen) atoms. The second-order valence-corrected chi connectivity index (χ2v) is 9.15. The number of hydrogen-bond donors (Lipinski definition) is 4. The predicted octanol–water partition coefficient (Wildman–Crippen LogP) is 4.33. The molecule has 4 aromatic rings. The number of rotatable bonds is 4. The summed E-state index contributed by atoms with van der Waals surface area (Å²) < 4.78 is 1.63. The van der Waals surface area contributed by atoms with Crippen LogP contribution in [0.1, 0.15) is 32.0 Å². The maximum atomic E-state index is 12.7. The molecule has 0 saturated carbocycles. The van der Waals surface area contributed by atoms with Crippen molar-refractivity contribution in [2.75, 3.05) is 16.4 Å².